The third-order valence-electron chi connectivity index (χ3n) is 2.22. The van der Waals surface area contributed by atoms with Gasteiger partial charge in [0.15, 0.2) is 11.5 Å². The average molecular weight is 246 g/mol. The molecule has 2 rings (SSSR count). The number of nitrogens with zero attached hydrogens (tertiary/aromatic N) is 1. The van der Waals surface area contributed by atoms with Crippen LogP contribution in [0.4, 0.5) is 0 Å². The van der Waals surface area contributed by atoms with Gasteiger partial charge in [0, 0.05) is 18.2 Å². The molecule has 0 N–H and O–H groups in total. The van der Waals surface area contributed by atoms with Crippen molar-refractivity contribution >= 4 is 21.6 Å². The predicted molar refractivity (Wildman–Crippen MR) is 69.8 cm³/mol. The molecule has 87 valence electrons. The van der Waals surface area contributed by atoms with Crippen LogP contribution in [0.25, 0.3) is 10.2 Å². The van der Waals surface area contributed by atoms with Crippen molar-refractivity contribution in [1.82, 2.24) is 4.98 Å². The first-order valence-corrected chi connectivity index (χ1v) is 5.83. The fraction of sp³-hybridized carbons (Fsp3) is 0.154. The molecule has 1 radical (unpaired) electrons. The van der Waals surface area contributed by atoms with E-state index in [1.165, 1.54) is 0 Å². The molecule has 0 saturated heterocycles. The van der Waals surface area contributed by atoms with Gasteiger partial charge in [0.25, 0.3) is 0 Å². The highest BCUT2D eigenvalue weighted by Gasteiger charge is 2.09. The lowest BCUT2D eigenvalue weighted by Gasteiger charge is -2.05. The SMILES string of the molecule is C=C/C=[C]/c1nc2cc(OC)c(OC)cc2s1. The van der Waals surface area contributed by atoms with E-state index in [0.29, 0.717) is 11.5 Å². The van der Waals surface area contributed by atoms with Gasteiger partial charge < -0.3 is 9.47 Å². The summed E-state index contributed by atoms with van der Waals surface area (Å²) in [6.07, 6.45) is 6.46. The Labute approximate surface area is 104 Å². The van der Waals surface area contributed by atoms with Gasteiger partial charge in [-0.05, 0) is 0 Å². The highest BCUT2D eigenvalue weighted by Crippen LogP contribution is 2.34. The van der Waals surface area contributed by atoms with Crippen LogP contribution in [0, 0.1) is 6.08 Å². The number of aromatic nitrogens is 1. The predicted octanol–water partition coefficient (Wildman–Crippen LogP) is 3.21. The zero-order valence-electron chi connectivity index (χ0n) is 9.69. The summed E-state index contributed by atoms with van der Waals surface area (Å²) in [7, 11) is 3.23. The van der Waals surface area contributed by atoms with Crippen LogP contribution in [0.15, 0.2) is 30.9 Å². The Morgan fingerprint density at radius 1 is 1.29 bits per heavy atom. The van der Waals surface area contributed by atoms with Crippen molar-refractivity contribution in [3.63, 3.8) is 0 Å². The zero-order valence-corrected chi connectivity index (χ0v) is 10.5. The molecule has 0 fully saturated rings. The second-order valence-electron chi connectivity index (χ2n) is 3.24. The first-order chi connectivity index (χ1) is 8.28. The van der Waals surface area contributed by atoms with Gasteiger partial charge >= 0.3 is 0 Å². The van der Waals surface area contributed by atoms with Crippen LogP contribution in [0.3, 0.4) is 0 Å². The molecule has 0 spiro atoms. The number of hydrogen-bond donors (Lipinski definition) is 0. The van der Waals surface area contributed by atoms with E-state index in [0.717, 1.165) is 15.2 Å². The molecule has 1 aromatic heterocycles. The maximum atomic E-state index is 5.24. The number of hydrogen-bond acceptors (Lipinski definition) is 4. The molecule has 4 heteroatoms. The molecule has 0 aliphatic carbocycles. The number of rotatable bonds is 4. The second kappa shape index (κ2) is 5.01. The number of fused-ring (bicyclic) bond motifs is 1. The molecular weight excluding hydrogens is 234 g/mol. The minimum Gasteiger partial charge on any atom is -0.493 e. The molecule has 1 heterocycles. The summed E-state index contributed by atoms with van der Waals surface area (Å²) in [6, 6.07) is 3.79. The first-order valence-electron chi connectivity index (χ1n) is 5.02. The Kier molecular flexibility index (Phi) is 3.44. The summed E-state index contributed by atoms with van der Waals surface area (Å²) >= 11 is 1.55. The fourth-order valence-corrected chi connectivity index (χ4v) is 2.30. The number of ether oxygens (including phenoxy) is 2. The Balaban J connectivity index is 2.53. The van der Waals surface area contributed by atoms with E-state index in [4.69, 9.17) is 9.47 Å². The zero-order chi connectivity index (χ0) is 12.3. The van der Waals surface area contributed by atoms with Crippen molar-refractivity contribution in [3.05, 3.63) is 41.9 Å². The normalized spacial score (nSPS) is 10.9. The van der Waals surface area contributed by atoms with E-state index in [-0.39, 0.29) is 0 Å². The molecular formula is C13H12NO2S. The number of benzene rings is 1. The second-order valence-corrected chi connectivity index (χ2v) is 4.27. The van der Waals surface area contributed by atoms with Crippen molar-refractivity contribution in [3.8, 4) is 11.5 Å². The highest BCUT2D eigenvalue weighted by molar-refractivity contribution is 7.18. The molecule has 2 aromatic rings. The summed E-state index contributed by atoms with van der Waals surface area (Å²) < 4.78 is 11.5. The van der Waals surface area contributed by atoms with Gasteiger partial charge in [-0.3, -0.25) is 0 Å². The topological polar surface area (TPSA) is 31.4 Å². The Bertz CT molecular complexity index is 531. The van der Waals surface area contributed by atoms with Gasteiger partial charge in [-0.1, -0.05) is 18.7 Å². The molecule has 0 saturated carbocycles. The molecule has 17 heavy (non-hydrogen) atoms. The maximum absolute atomic E-state index is 5.24. The fourth-order valence-electron chi connectivity index (χ4n) is 1.45. The van der Waals surface area contributed by atoms with Gasteiger partial charge in [-0.15, -0.1) is 11.3 Å². The number of thiazole rings is 1. The molecule has 0 aliphatic heterocycles. The molecule has 0 unspecified atom stereocenters. The van der Waals surface area contributed by atoms with E-state index in [9.17, 15) is 0 Å². The molecule has 1 aromatic carbocycles. The van der Waals surface area contributed by atoms with Gasteiger partial charge in [0.05, 0.1) is 24.4 Å². The average Bonchev–Trinajstić information content (AvgIpc) is 2.76. The molecule has 0 aliphatic rings. The smallest absolute Gasteiger partial charge is 0.162 e. The highest BCUT2D eigenvalue weighted by atomic mass is 32.1. The number of allylic oxidation sites excluding steroid dienone is 2. The van der Waals surface area contributed by atoms with E-state index >= 15 is 0 Å². The van der Waals surface area contributed by atoms with Crippen LogP contribution >= 0.6 is 11.3 Å². The Morgan fingerprint density at radius 2 is 2.00 bits per heavy atom. The van der Waals surface area contributed by atoms with Crippen LogP contribution in [0.1, 0.15) is 5.01 Å². The molecule has 3 nitrogen and oxygen atoms in total. The number of methoxy groups -OCH3 is 2. The molecule has 0 bridgehead atoms. The van der Waals surface area contributed by atoms with E-state index in [1.54, 1.807) is 37.7 Å². The molecule has 0 amide bonds. The summed E-state index contributed by atoms with van der Waals surface area (Å²) in [6.45, 7) is 3.60. The summed E-state index contributed by atoms with van der Waals surface area (Å²) in [5, 5.41) is 0.815. The van der Waals surface area contributed by atoms with Crippen molar-refractivity contribution in [2.45, 2.75) is 0 Å². The standard InChI is InChI=1S/C13H12NO2S/c1-4-5-6-13-14-9-7-10(15-2)11(16-3)8-12(9)17-13/h4-5,7-8H,1H2,2-3H3. The van der Waals surface area contributed by atoms with Crippen LogP contribution in [-0.2, 0) is 0 Å². The minimum absolute atomic E-state index is 0.685. The van der Waals surface area contributed by atoms with Crippen molar-refractivity contribution in [1.29, 1.82) is 0 Å². The van der Waals surface area contributed by atoms with Gasteiger partial charge in [0.1, 0.15) is 5.01 Å². The van der Waals surface area contributed by atoms with E-state index in [2.05, 4.69) is 17.6 Å². The van der Waals surface area contributed by atoms with Crippen LogP contribution in [0.5, 0.6) is 11.5 Å². The van der Waals surface area contributed by atoms with Crippen molar-refractivity contribution in [2.24, 2.45) is 0 Å². The quantitative estimate of drug-likeness (QED) is 0.776. The van der Waals surface area contributed by atoms with Crippen LogP contribution < -0.4 is 9.47 Å². The minimum atomic E-state index is 0.685. The lowest BCUT2D eigenvalue weighted by molar-refractivity contribution is 0.356. The Hall–Kier alpha value is -1.81. The first kappa shape index (κ1) is 11.7. The van der Waals surface area contributed by atoms with E-state index in [1.807, 2.05) is 12.1 Å². The van der Waals surface area contributed by atoms with Gasteiger partial charge in [-0.2, -0.15) is 0 Å². The Morgan fingerprint density at radius 3 is 2.65 bits per heavy atom. The third-order valence-corrected chi connectivity index (χ3v) is 3.17. The van der Waals surface area contributed by atoms with E-state index < -0.39 is 0 Å². The third kappa shape index (κ3) is 2.31. The lowest BCUT2D eigenvalue weighted by Crippen LogP contribution is -1.89. The van der Waals surface area contributed by atoms with Crippen LogP contribution in [-0.4, -0.2) is 19.2 Å². The maximum Gasteiger partial charge on any atom is 0.162 e. The molecule has 0 atom stereocenters. The summed E-state index contributed by atoms with van der Waals surface area (Å²) in [5.41, 5.74) is 0.882. The van der Waals surface area contributed by atoms with Gasteiger partial charge in [0.2, 0.25) is 0 Å². The van der Waals surface area contributed by atoms with Crippen molar-refractivity contribution < 1.29 is 9.47 Å². The van der Waals surface area contributed by atoms with Crippen molar-refractivity contribution in [2.75, 3.05) is 14.2 Å². The van der Waals surface area contributed by atoms with Gasteiger partial charge in [-0.25, -0.2) is 4.98 Å². The van der Waals surface area contributed by atoms with Crippen LogP contribution in [0.2, 0.25) is 0 Å². The largest absolute Gasteiger partial charge is 0.493 e. The monoisotopic (exact) mass is 246 g/mol. The lowest BCUT2D eigenvalue weighted by atomic mass is 10.3. The summed E-state index contributed by atoms with van der Waals surface area (Å²) in [4.78, 5) is 4.43. The summed E-state index contributed by atoms with van der Waals surface area (Å²) in [5.74, 6) is 1.40.